The number of carbonyl (C=O) groups is 2. The van der Waals surface area contributed by atoms with E-state index in [9.17, 15) is 14.7 Å². The zero-order chi connectivity index (χ0) is 13.8. The summed E-state index contributed by atoms with van der Waals surface area (Å²) in [5.74, 6) is -0.414. The van der Waals surface area contributed by atoms with Crippen LogP contribution in [0.4, 0.5) is 0 Å². The maximum Gasteiger partial charge on any atom is 0.303 e. The van der Waals surface area contributed by atoms with Gasteiger partial charge in [-0.3, -0.25) is 9.59 Å². The highest BCUT2D eigenvalue weighted by Crippen LogP contribution is 2.77. The number of aliphatic carboxylic acids is 1. The number of carboxylic acid groups (broad SMARTS) is 1. The van der Waals surface area contributed by atoms with Crippen molar-refractivity contribution in [2.75, 3.05) is 0 Å². The third kappa shape index (κ3) is 1.63. The number of ketones is 1. The summed E-state index contributed by atoms with van der Waals surface area (Å²) >= 11 is 0. The molecule has 102 valence electrons. The highest BCUT2D eigenvalue weighted by Gasteiger charge is 2.73. The standard InChI is InChI=1S/C15H24O3/c1-10(16)11-8-15(11)13(2,3)6-5-7-14(15,4)9-12(17)18/h11H,5-9H2,1-4H3,(H,17,18)/t11?,14-,15-/m0/s1. The van der Waals surface area contributed by atoms with Gasteiger partial charge in [0.25, 0.3) is 0 Å². The van der Waals surface area contributed by atoms with Crippen LogP contribution in [0, 0.1) is 22.2 Å². The predicted molar refractivity (Wildman–Crippen MR) is 69.2 cm³/mol. The summed E-state index contributed by atoms with van der Waals surface area (Å²) in [5, 5.41) is 9.20. The van der Waals surface area contributed by atoms with Gasteiger partial charge in [0.2, 0.25) is 0 Å². The van der Waals surface area contributed by atoms with Gasteiger partial charge in [-0.25, -0.2) is 0 Å². The summed E-state index contributed by atoms with van der Waals surface area (Å²) in [5.41, 5.74) is -0.231. The lowest BCUT2D eigenvalue weighted by molar-refractivity contribution is -0.146. The number of hydrogen-bond donors (Lipinski definition) is 1. The van der Waals surface area contributed by atoms with Crippen LogP contribution in [0.25, 0.3) is 0 Å². The molecule has 0 aromatic heterocycles. The second-order valence-electron chi connectivity index (χ2n) is 7.21. The molecule has 2 aliphatic carbocycles. The molecular formula is C15H24O3. The zero-order valence-corrected chi connectivity index (χ0v) is 11.9. The second-order valence-corrected chi connectivity index (χ2v) is 7.21. The largest absolute Gasteiger partial charge is 0.481 e. The van der Waals surface area contributed by atoms with E-state index in [1.807, 2.05) is 0 Å². The topological polar surface area (TPSA) is 54.4 Å². The molecule has 0 radical (unpaired) electrons. The zero-order valence-electron chi connectivity index (χ0n) is 11.9. The predicted octanol–water partition coefficient (Wildman–Crippen LogP) is 3.27. The minimum atomic E-state index is -0.733. The molecule has 2 rings (SSSR count). The minimum Gasteiger partial charge on any atom is -0.481 e. The third-order valence-corrected chi connectivity index (χ3v) is 5.81. The Morgan fingerprint density at radius 2 is 1.83 bits per heavy atom. The van der Waals surface area contributed by atoms with Crippen LogP contribution in [0.15, 0.2) is 0 Å². The van der Waals surface area contributed by atoms with E-state index in [4.69, 9.17) is 0 Å². The average molecular weight is 252 g/mol. The molecule has 0 amide bonds. The fourth-order valence-electron chi connectivity index (χ4n) is 4.93. The minimum absolute atomic E-state index is 0.0752. The maximum atomic E-state index is 11.8. The van der Waals surface area contributed by atoms with Gasteiger partial charge < -0.3 is 5.11 Å². The molecule has 1 spiro atoms. The molecular weight excluding hydrogens is 228 g/mol. The highest BCUT2D eigenvalue weighted by molar-refractivity contribution is 5.83. The molecule has 0 aromatic carbocycles. The van der Waals surface area contributed by atoms with Crippen LogP contribution in [0.5, 0.6) is 0 Å². The first-order valence-corrected chi connectivity index (χ1v) is 6.89. The Bertz CT molecular complexity index is 399. The molecule has 0 aromatic rings. The van der Waals surface area contributed by atoms with Crippen molar-refractivity contribution in [2.45, 2.75) is 59.8 Å². The Balaban J connectivity index is 2.40. The van der Waals surface area contributed by atoms with E-state index >= 15 is 0 Å². The first-order valence-electron chi connectivity index (χ1n) is 6.89. The molecule has 0 aliphatic heterocycles. The van der Waals surface area contributed by atoms with Crippen LogP contribution in [-0.4, -0.2) is 16.9 Å². The van der Waals surface area contributed by atoms with Crippen molar-refractivity contribution >= 4 is 11.8 Å². The number of hydrogen-bond acceptors (Lipinski definition) is 2. The van der Waals surface area contributed by atoms with Crippen molar-refractivity contribution in [2.24, 2.45) is 22.2 Å². The molecule has 0 heterocycles. The summed E-state index contributed by atoms with van der Waals surface area (Å²) in [6, 6.07) is 0. The molecule has 1 unspecified atom stereocenters. The van der Waals surface area contributed by atoms with Crippen molar-refractivity contribution in [1.82, 2.24) is 0 Å². The van der Waals surface area contributed by atoms with E-state index in [-0.39, 0.29) is 34.4 Å². The molecule has 18 heavy (non-hydrogen) atoms. The van der Waals surface area contributed by atoms with Crippen molar-refractivity contribution in [3.8, 4) is 0 Å². The quantitative estimate of drug-likeness (QED) is 0.838. The monoisotopic (exact) mass is 252 g/mol. The van der Waals surface area contributed by atoms with E-state index in [1.54, 1.807) is 6.92 Å². The molecule has 0 bridgehead atoms. The lowest BCUT2D eigenvalue weighted by Gasteiger charge is -2.52. The fraction of sp³-hybridized carbons (Fsp3) is 0.867. The molecule has 3 heteroatoms. The number of carbonyl (C=O) groups excluding carboxylic acids is 1. The Morgan fingerprint density at radius 1 is 1.22 bits per heavy atom. The molecule has 3 atom stereocenters. The Morgan fingerprint density at radius 3 is 2.28 bits per heavy atom. The number of carboxylic acids is 1. The van der Waals surface area contributed by atoms with Gasteiger partial charge in [0.15, 0.2) is 0 Å². The van der Waals surface area contributed by atoms with Crippen molar-refractivity contribution < 1.29 is 14.7 Å². The lowest BCUT2D eigenvalue weighted by atomic mass is 9.51. The van der Waals surface area contributed by atoms with E-state index in [1.165, 1.54) is 0 Å². The van der Waals surface area contributed by atoms with Crippen LogP contribution in [0.3, 0.4) is 0 Å². The first-order chi connectivity index (χ1) is 8.16. The van der Waals surface area contributed by atoms with E-state index in [0.717, 1.165) is 25.7 Å². The molecule has 2 aliphatic rings. The second kappa shape index (κ2) is 3.82. The van der Waals surface area contributed by atoms with Gasteiger partial charge in [-0.1, -0.05) is 27.2 Å². The van der Waals surface area contributed by atoms with Gasteiger partial charge >= 0.3 is 5.97 Å². The molecule has 2 fully saturated rings. The van der Waals surface area contributed by atoms with E-state index in [2.05, 4.69) is 20.8 Å². The molecule has 3 nitrogen and oxygen atoms in total. The smallest absolute Gasteiger partial charge is 0.303 e. The molecule has 1 N–H and O–H groups in total. The Hall–Kier alpha value is -0.860. The maximum absolute atomic E-state index is 11.8. The van der Waals surface area contributed by atoms with Crippen LogP contribution < -0.4 is 0 Å². The SMILES string of the molecule is CC(=O)C1C[C@@]12C(C)(C)CCC[C@@]2(C)CC(=O)O. The number of Topliss-reactive ketones (excluding diaryl/α,β-unsaturated/α-hetero) is 1. The number of rotatable bonds is 3. The van der Waals surface area contributed by atoms with E-state index < -0.39 is 5.97 Å². The summed E-state index contributed by atoms with van der Waals surface area (Å²) in [6.45, 7) is 8.18. The van der Waals surface area contributed by atoms with Gasteiger partial charge in [0.1, 0.15) is 5.78 Å². The van der Waals surface area contributed by atoms with Crippen LogP contribution in [0.2, 0.25) is 0 Å². The summed E-state index contributed by atoms with van der Waals surface area (Å²) in [7, 11) is 0. The highest BCUT2D eigenvalue weighted by atomic mass is 16.4. The van der Waals surface area contributed by atoms with Gasteiger partial charge in [0, 0.05) is 5.92 Å². The molecule has 2 saturated carbocycles. The van der Waals surface area contributed by atoms with E-state index in [0.29, 0.717) is 0 Å². The van der Waals surface area contributed by atoms with Crippen molar-refractivity contribution in [3.05, 3.63) is 0 Å². The lowest BCUT2D eigenvalue weighted by Crippen LogP contribution is -2.47. The first kappa shape index (κ1) is 13.6. The van der Waals surface area contributed by atoms with Crippen LogP contribution in [0.1, 0.15) is 59.8 Å². The fourth-order valence-corrected chi connectivity index (χ4v) is 4.93. The van der Waals surface area contributed by atoms with Gasteiger partial charge in [0.05, 0.1) is 6.42 Å². The van der Waals surface area contributed by atoms with Crippen molar-refractivity contribution in [3.63, 3.8) is 0 Å². The van der Waals surface area contributed by atoms with Crippen LogP contribution >= 0.6 is 0 Å². The molecule has 0 saturated heterocycles. The van der Waals surface area contributed by atoms with Crippen molar-refractivity contribution in [1.29, 1.82) is 0 Å². The summed E-state index contributed by atoms with van der Waals surface area (Å²) < 4.78 is 0. The van der Waals surface area contributed by atoms with Gasteiger partial charge in [-0.15, -0.1) is 0 Å². The Labute approximate surface area is 109 Å². The normalized spacial score (nSPS) is 41.7. The average Bonchev–Trinajstić information content (AvgIpc) is 2.90. The summed E-state index contributed by atoms with van der Waals surface area (Å²) in [4.78, 5) is 23.0. The van der Waals surface area contributed by atoms with Gasteiger partial charge in [-0.05, 0) is 42.4 Å². The summed E-state index contributed by atoms with van der Waals surface area (Å²) in [6.07, 6.45) is 4.20. The Kier molecular flexibility index (Phi) is 2.88. The van der Waals surface area contributed by atoms with Crippen LogP contribution in [-0.2, 0) is 9.59 Å². The third-order valence-electron chi connectivity index (χ3n) is 5.81. The van der Waals surface area contributed by atoms with Gasteiger partial charge in [-0.2, -0.15) is 0 Å².